The standard InChI is InChI=1S/C12H20N2O4/c1-4-12(2,11(17)18)7-13-10(16)8-5-9(15)14(3)6-8/h8H,4-7H2,1-3H3,(H,13,16)(H,17,18). The predicted molar refractivity (Wildman–Crippen MR) is 64.8 cm³/mol. The Hall–Kier alpha value is -1.59. The van der Waals surface area contributed by atoms with E-state index in [9.17, 15) is 14.4 Å². The maximum atomic E-state index is 11.8. The summed E-state index contributed by atoms with van der Waals surface area (Å²) < 4.78 is 0. The Morgan fingerprint density at radius 1 is 1.56 bits per heavy atom. The number of carbonyl (C=O) groups excluding carboxylic acids is 2. The zero-order valence-corrected chi connectivity index (χ0v) is 11.0. The van der Waals surface area contributed by atoms with Gasteiger partial charge >= 0.3 is 5.97 Å². The van der Waals surface area contributed by atoms with Crippen LogP contribution in [0.25, 0.3) is 0 Å². The van der Waals surface area contributed by atoms with Crippen LogP contribution in [0.3, 0.4) is 0 Å². The van der Waals surface area contributed by atoms with Crippen LogP contribution in [0.5, 0.6) is 0 Å². The molecule has 2 unspecified atom stereocenters. The smallest absolute Gasteiger partial charge is 0.311 e. The first kappa shape index (κ1) is 14.5. The van der Waals surface area contributed by atoms with Crippen molar-refractivity contribution in [1.29, 1.82) is 0 Å². The number of likely N-dealkylation sites (tertiary alicyclic amines) is 1. The molecule has 1 heterocycles. The summed E-state index contributed by atoms with van der Waals surface area (Å²) in [4.78, 5) is 35.7. The fourth-order valence-corrected chi connectivity index (χ4v) is 1.82. The normalized spacial score (nSPS) is 22.7. The summed E-state index contributed by atoms with van der Waals surface area (Å²) in [6.45, 7) is 3.86. The van der Waals surface area contributed by atoms with Gasteiger partial charge in [-0.1, -0.05) is 6.92 Å². The lowest BCUT2D eigenvalue weighted by Gasteiger charge is -2.24. The lowest BCUT2D eigenvalue weighted by atomic mass is 9.87. The first-order chi connectivity index (χ1) is 8.30. The zero-order valence-electron chi connectivity index (χ0n) is 11.0. The van der Waals surface area contributed by atoms with Gasteiger partial charge in [0.1, 0.15) is 0 Å². The Bertz CT molecular complexity index is 369. The highest BCUT2D eigenvalue weighted by atomic mass is 16.4. The largest absolute Gasteiger partial charge is 0.481 e. The third-order valence-electron chi connectivity index (χ3n) is 3.66. The number of amides is 2. The number of carboxylic acids is 1. The van der Waals surface area contributed by atoms with Gasteiger partial charge in [-0.2, -0.15) is 0 Å². The van der Waals surface area contributed by atoms with Gasteiger partial charge < -0.3 is 15.3 Å². The number of aliphatic carboxylic acids is 1. The van der Waals surface area contributed by atoms with Gasteiger partial charge in [-0.15, -0.1) is 0 Å². The molecule has 1 saturated heterocycles. The summed E-state index contributed by atoms with van der Waals surface area (Å²) in [5, 5.41) is 11.7. The predicted octanol–water partition coefficient (Wildman–Crippen LogP) is 0.0818. The monoisotopic (exact) mass is 256 g/mol. The summed E-state index contributed by atoms with van der Waals surface area (Å²) in [6, 6.07) is 0. The molecule has 102 valence electrons. The van der Waals surface area contributed by atoms with Crippen LogP contribution in [0.4, 0.5) is 0 Å². The van der Waals surface area contributed by atoms with Crippen molar-refractivity contribution < 1.29 is 19.5 Å². The number of nitrogens with zero attached hydrogens (tertiary/aromatic N) is 1. The zero-order chi connectivity index (χ0) is 13.9. The third kappa shape index (κ3) is 3.00. The number of carbonyl (C=O) groups is 3. The van der Waals surface area contributed by atoms with E-state index in [4.69, 9.17) is 5.11 Å². The van der Waals surface area contributed by atoms with Crippen LogP contribution in [-0.4, -0.2) is 47.9 Å². The topological polar surface area (TPSA) is 86.7 Å². The average molecular weight is 256 g/mol. The highest BCUT2D eigenvalue weighted by Crippen LogP contribution is 2.21. The summed E-state index contributed by atoms with van der Waals surface area (Å²) in [5.41, 5.74) is -0.954. The molecule has 0 saturated carbocycles. The van der Waals surface area contributed by atoms with Crippen molar-refractivity contribution in [3.63, 3.8) is 0 Å². The Kier molecular flexibility index (Phi) is 4.32. The third-order valence-corrected chi connectivity index (χ3v) is 3.66. The highest BCUT2D eigenvalue weighted by Gasteiger charge is 2.35. The minimum Gasteiger partial charge on any atom is -0.481 e. The van der Waals surface area contributed by atoms with Crippen LogP contribution < -0.4 is 5.32 Å². The first-order valence-electron chi connectivity index (χ1n) is 6.05. The second-order valence-corrected chi connectivity index (χ2v) is 5.11. The van der Waals surface area contributed by atoms with Gasteiger partial charge in [-0.05, 0) is 13.3 Å². The van der Waals surface area contributed by atoms with Crippen molar-refractivity contribution in [3.8, 4) is 0 Å². The Morgan fingerprint density at radius 2 is 2.17 bits per heavy atom. The van der Waals surface area contributed by atoms with E-state index < -0.39 is 11.4 Å². The number of nitrogens with one attached hydrogen (secondary N) is 1. The lowest BCUT2D eigenvalue weighted by Crippen LogP contribution is -2.43. The molecule has 0 aromatic heterocycles. The van der Waals surface area contributed by atoms with E-state index in [1.54, 1.807) is 20.9 Å². The van der Waals surface area contributed by atoms with Crippen molar-refractivity contribution >= 4 is 17.8 Å². The fourth-order valence-electron chi connectivity index (χ4n) is 1.82. The minimum atomic E-state index is -0.954. The van der Waals surface area contributed by atoms with Crippen molar-refractivity contribution in [1.82, 2.24) is 10.2 Å². The quantitative estimate of drug-likeness (QED) is 0.729. The fraction of sp³-hybridized carbons (Fsp3) is 0.750. The molecule has 0 aromatic rings. The second kappa shape index (κ2) is 5.37. The van der Waals surface area contributed by atoms with Crippen molar-refractivity contribution in [2.24, 2.45) is 11.3 Å². The van der Waals surface area contributed by atoms with Gasteiger partial charge in [0, 0.05) is 26.6 Å². The van der Waals surface area contributed by atoms with E-state index in [0.29, 0.717) is 13.0 Å². The Labute approximate surface area is 106 Å². The van der Waals surface area contributed by atoms with Gasteiger partial charge in [0.2, 0.25) is 11.8 Å². The van der Waals surface area contributed by atoms with Gasteiger partial charge in [-0.3, -0.25) is 14.4 Å². The summed E-state index contributed by atoms with van der Waals surface area (Å²) in [5.74, 6) is -1.58. The highest BCUT2D eigenvalue weighted by molar-refractivity contribution is 5.89. The molecule has 0 radical (unpaired) electrons. The molecule has 18 heavy (non-hydrogen) atoms. The Morgan fingerprint density at radius 3 is 2.56 bits per heavy atom. The van der Waals surface area contributed by atoms with Gasteiger partial charge in [0.25, 0.3) is 0 Å². The van der Waals surface area contributed by atoms with Crippen LogP contribution in [0.2, 0.25) is 0 Å². The number of rotatable bonds is 5. The molecule has 1 aliphatic heterocycles. The molecule has 2 atom stereocenters. The van der Waals surface area contributed by atoms with Gasteiger partial charge in [0.15, 0.2) is 0 Å². The van der Waals surface area contributed by atoms with Crippen LogP contribution in [0, 0.1) is 11.3 Å². The van der Waals surface area contributed by atoms with E-state index in [0.717, 1.165) is 0 Å². The number of carboxylic acid groups (broad SMARTS) is 1. The maximum absolute atomic E-state index is 11.8. The summed E-state index contributed by atoms with van der Waals surface area (Å²) in [6.07, 6.45) is 0.643. The summed E-state index contributed by atoms with van der Waals surface area (Å²) in [7, 11) is 1.66. The molecule has 0 aliphatic carbocycles. The maximum Gasteiger partial charge on any atom is 0.311 e. The van der Waals surface area contributed by atoms with Gasteiger partial charge in [0.05, 0.1) is 11.3 Å². The molecule has 6 heteroatoms. The molecule has 2 amide bonds. The molecule has 0 aromatic carbocycles. The van der Waals surface area contributed by atoms with Crippen LogP contribution in [0.15, 0.2) is 0 Å². The molecule has 0 bridgehead atoms. The van der Waals surface area contributed by atoms with E-state index >= 15 is 0 Å². The molecule has 6 nitrogen and oxygen atoms in total. The molecule has 0 spiro atoms. The minimum absolute atomic E-state index is 0.0494. The van der Waals surface area contributed by atoms with E-state index in [1.807, 2.05) is 0 Å². The molecule has 2 N–H and O–H groups in total. The molecular formula is C12H20N2O4. The Balaban J connectivity index is 2.52. The van der Waals surface area contributed by atoms with Crippen LogP contribution >= 0.6 is 0 Å². The average Bonchev–Trinajstić information content (AvgIpc) is 2.66. The molecule has 1 rings (SSSR count). The van der Waals surface area contributed by atoms with E-state index in [2.05, 4.69) is 5.32 Å². The number of hydrogen-bond acceptors (Lipinski definition) is 3. The molecule has 1 aliphatic rings. The first-order valence-corrected chi connectivity index (χ1v) is 6.05. The van der Waals surface area contributed by atoms with E-state index in [1.165, 1.54) is 4.90 Å². The molecular weight excluding hydrogens is 236 g/mol. The summed E-state index contributed by atoms with van der Waals surface area (Å²) >= 11 is 0. The van der Waals surface area contributed by atoms with Crippen LogP contribution in [0.1, 0.15) is 26.7 Å². The van der Waals surface area contributed by atoms with Crippen molar-refractivity contribution in [3.05, 3.63) is 0 Å². The van der Waals surface area contributed by atoms with Crippen molar-refractivity contribution in [2.75, 3.05) is 20.1 Å². The SMILES string of the molecule is CCC(C)(CNC(=O)C1CC(=O)N(C)C1)C(=O)O. The second-order valence-electron chi connectivity index (χ2n) is 5.11. The van der Waals surface area contributed by atoms with Crippen molar-refractivity contribution in [2.45, 2.75) is 26.7 Å². The van der Waals surface area contributed by atoms with Gasteiger partial charge in [-0.25, -0.2) is 0 Å². The van der Waals surface area contributed by atoms with E-state index in [-0.39, 0.29) is 30.7 Å². The number of hydrogen-bond donors (Lipinski definition) is 2. The van der Waals surface area contributed by atoms with Crippen LogP contribution in [-0.2, 0) is 14.4 Å². The lowest BCUT2D eigenvalue weighted by molar-refractivity contribution is -0.148. The molecule has 1 fully saturated rings.